The van der Waals surface area contributed by atoms with Crippen LogP contribution in [0.25, 0.3) is 11.4 Å². The summed E-state index contributed by atoms with van der Waals surface area (Å²) in [5, 5.41) is 4.02. The highest BCUT2D eigenvalue weighted by Gasteiger charge is 2.22. The van der Waals surface area contributed by atoms with Gasteiger partial charge in [0.1, 0.15) is 0 Å². The van der Waals surface area contributed by atoms with E-state index < -0.39 is 0 Å². The third-order valence-electron chi connectivity index (χ3n) is 3.01. The number of benzene rings is 1. The van der Waals surface area contributed by atoms with Gasteiger partial charge in [-0.25, -0.2) is 0 Å². The molecule has 1 aliphatic carbocycles. The maximum absolute atomic E-state index is 5.26. The number of hydrogen-bond donors (Lipinski definition) is 0. The van der Waals surface area contributed by atoms with Gasteiger partial charge in [0.05, 0.1) is 0 Å². The maximum Gasteiger partial charge on any atom is 0.226 e. The maximum atomic E-state index is 5.26. The Morgan fingerprint density at radius 3 is 3.00 bits per heavy atom. The summed E-state index contributed by atoms with van der Waals surface area (Å²) in [7, 11) is 0. The van der Waals surface area contributed by atoms with Gasteiger partial charge < -0.3 is 4.52 Å². The van der Waals surface area contributed by atoms with E-state index in [4.69, 9.17) is 4.52 Å². The second-order valence-corrected chi connectivity index (χ2v) is 5.42. The molecule has 1 aromatic heterocycles. The zero-order chi connectivity index (χ0) is 11.7. The highest BCUT2D eigenvalue weighted by atomic mass is 79.9. The Balaban J connectivity index is 1.74. The standard InChI is InChI=1S/C13H13BrN2O/c14-11-3-1-2-10(8-11)13-15-12(17-16-13)7-6-9-4-5-9/h1-3,8-9H,4-7H2. The molecule has 3 nitrogen and oxygen atoms in total. The van der Waals surface area contributed by atoms with Crippen molar-refractivity contribution in [2.24, 2.45) is 5.92 Å². The van der Waals surface area contributed by atoms with Crippen LogP contribution in [0.3, 0.4) is 0 Å². The molecule has 1 aliphatic rings. The van der Waals surface area contributed by atoms with E-state index >= 15 is 0 Å². The van der Waals surface area contributed by atoms with Crippen molar-refractivity contribution in [3.8, 4) is 11.4 Å². The first-order chi connectivity index (χ1) is 8.31. The van der Waals surface area contributed by atoms with Crippen LogP contribution in [-0.2, 0) is 6.42 Å². The van der Waals surface area contributed by atoms with Crippen LogP contribution >= 0.6 is 15.9 Å². The Bertz CT molecular complexity index is 520. The molecule has 0 N–H and O–H groups in total. The van der Waals surface area contributed by atoms with Gasteiger partial charge in [0.2, 0.25) is 11.7 Å². The van der Waals surface area contributed by atoms with Crippen LogP contribution in [0.2, 0.25) is 0 Å². The molecule has 17 heavy (non-hydrogen) atoms. The zero-order valence-corrected chi connectivity index (χ0v) is 11.0. The van der Waals surface area contributed by atoms with E-state index in [1.807, 2.05) is 24.3 Å². The lowest BCUT2D eigenvalue weighted by Crippen LogP contribution is -1.87. The molecular weight excluding hydrogens is 280 g/mol. The van der Waals surface area contributed by atoms with Crippen LogP contribution in [-0.4, -0.2) is 10.1 Å². The fourth-order valence-electron chi connectivity index (χ4n) is 1.84. The Morgan fingerprint density at radius 1 is 1.35 bits per heavy atom. The Morgan fingerprint density at radius 2 is 2.24 bits per heavy atom. The molecule has 0 bridgehead atoms. The summed E-state index contributed by atoms with van der Waals surface area (Å²) in [6, 6.07) is 7.94. The predicted octanol–water partition coefficient (Wildman–Crippen LogP) is 3.84. The summed E-state index contributed by atoms with van der Waals surface area (Å²) >= 11 is 3.44. The molecule has 0 saturated heterocycles. The first-order valence-electron chi connectivity index (χ1n) is 5.90. The van der Waals surface area contributed by atoms with Gasteiger partial charge in [-0.15, -0.1) is 0 Å². The van der Waals surface area contributed by atoms with Crippen LogP contribution in [0.15, 0.2) is 33.3 Å². The molecule has 0 aliphatic heterocycles. The second-order valence-electron chi connectivity index (χ2n) is 4.50. The Kier molecular flexibility index (Phi) is 2.97. The van der Waals surface area contributed by atoms with Crippen LogP contribution in [0.5, 0.6) is 0 Å². The molecule has 88 valence electrons. The molecule has 1 saturated carbocycles. The molecule has 2 aromatic rings. The summed E-state index contributed by atoms with van der Waals surface area (Å²) in [6.07, 6.45) is 4.82. The molecule has 4 heteroatoms. The normalized spacial score (nSPS) is 15.1. The predicted molar refractivity (Wildman–Crippen MR) is 68.5 cm³/mol. The van der Waals surface area contributed by atoms with E-state index in [1.165, 1.54) is 19.3 Å². The van der Waals surface area contributed by atoms with Gasteiger partial charge in [-0.05, 0) is 24.5 Å². The average Bonchev–Trinajstić information content (AvgIpc) is 3.04. The molecule has 1 heterocycles. The highest BCUT2D eigenvalue weighted by molar-refractivity contribution is 9.10. The van der Waals surface area contributed by atoms with Gasteiger partial charge in [-0.1, -0.05) is 46.1 Å². The molecule has 0 spiro atoms. The lowest BCUT2D eigenvalue weighted by Gasteiger charge is -1.94. The first-order valence-corrected chi connectivity index (χ1v) is 6.69. The van der Waals surface area contributed by atoms with Gasteiger partial charge in [0.25, 0.3) is 0 Å². The minimum absolute atomic E-state index is 0.678. The summed E-state index contributed by atoms with van der Waals surface area (Å²) in [6.45, 7) is 0. The fourth-order valence-corrected chi connectivity index (χ4v) is 2.23. The lowest BCUT2D eigenvalue weighted by molar-refractivity contribution is 0.373. The van der Waals surface area contributed by atoms with Gasteiger partial charge in [-0.2, -0.15) is 4.98 Å². The van der Waals surface area contributed by atoms with Crippen molar-refractivity contribution in [3.63, 3.8) is 0 Å². The van der Waals surface area contributed by atoms with E-state index in [2.05, 4.69) is 26.1 Å². The van der Waals surface area contributed by atoms with E-state index in [0.717, 1.165) is 28.3 Å². The van der Waals surface area contributed by atoms with Gasteiger partial charge in [0.15, 0.2) is 0 Å². The number of aryl methyl sites for hydroxylation is 1. The topological polar surface area (TPSA) is 38.9 Å². The van der Waals surface area contributed by atoms with Crippen molar-refractivity contribution in [2.45, 2.75) is 25.7 Å². The molecule has 0 amide bonds. The third kappa shape index (κ3) is 2.75. The van der Waals surface area contributed by atoms with E-state index in [9.17, 15) is 0 Å². The van der Waals surface area contributed by atoms with E-state index in [-0.39, 0.29) is 0 Å². The minimum Gasteiger partial charge on any atom is -0.339 e. The number of hydrogen-bond acceptors (Lipinski definition) is 3. The highest BCUT2D eigenvalue weighted by Crippen LogP contribution is 2.33. The van der Waals surface area contributed by atoms with Gasteiger partial charge in [-0.3, -0.25) is 0 Å². The summed E-state index contributed by atoms with van der Waals surface area (Å²) < 4.78 is 6.29. The van der Waals surface area contributed by atoms with Crippen molar-refractivity contribution in [2.75, 3.05) is 0 Å². The van der Waals surface area contributed by atoms with Crippen molar-refractivity contribution in [1.82, 2.24) is 10.1 Å². The first kappa shape index (κ1) is 11.0. The molecule has 1 fully saturated rings. The molecule has 0 radical (unpaired) electrons. The van der Waals surface area contributed by atoms with Crippen LogP contribution in [0, 0.1) is 5.92 Å². The third-order valence-corrected chi connectivity index (χ3v) is 3.51. The monoisotopic (exact) mass is 292 g/mol. The lowest BCUT2D eigenvalue weighted by atomic mass is 10.2. The zero-order valence-electron chi connectivity index (χ0n) is 9.40. The minimum atomic E-state index is 0.678. The van der Waals surface area contributed by atoms with Gasteiger partial charge >= 0.3 is 0 Å². The quantitative estimate of drug-likeness (QED) is 0.859. The van der Waals surface area contributed by atoms with Crippen LogP contribution in [0.4, 0.5) is 0 Å². The summed E-state index contributed by atoms with van der Waals surface area (Å²) in [5.41, 5.74) is 0.987. The Hall–Kier alpha value is -1.16. The average molecular weight is 293 g/mol. The van der Waals surface area contributed by atoms with Crippen molar-refractivity contribution < 1.29 is 4.52 Å². The molecule has 3 rings (SSSR count). The van der Waals surface area contributed by atoms with E-state index in [0.29, 0.717) is 5.82 Å². The number of nitrogens with zero attached hydrogens (tertiary/aromatic N) is 2. The second kappa shape index (κ2) is 4.61. The van der Waals surface area contributed by atoms with Crippen LogP contribution < -0.4 is 0 Å². The van der Waals surface area contributed by atoms with Gasteiger partial charge in [0, 0.05) is 16.5 Å². The molecule has 1 aromatic carbocycles. The largest absolute Gasteiger partial charge is 0.339 e. The Labute approximate surface area is 108 Å². The molecule has 0 atom stereocenters. The van der Waals surface area contributed by atoms with Crippen LogP contribution in [0.1, 0.15) is 25.2 Å². The molecular formula is C13H13BrN2O. The fraction of sp³-hybridized carbons (Fsp3) is 0.385. The number of rotatable bonds is 4. The summed E-state index contributed by atoms with van der Waals surface area (Å²) in [4.78, 5) is 4.42. The summed E-state index contributed by atoms with van der Waals surface area (Å²) in [5.74, 6) is 2.33. The SMILES string of the molecule is Brc1cccc(-c2noc(CCC3CC3)n2)c1. The molecule has 0 unspecified atom stereocenters. The van der Waals surface area contributed by atoms with E-state index in [1.54, 1.807) is 0 Å². The van der Waals surface area contributed by atoms with Crippen molar-refractivity contribution in [3.05, 3.63) is 34.6 Å². The number of aromatic nitrogens is 2. The van der Waals surface area contributed by atoms with Crippen molar-refractivity contribution >= 4 is 15.9 Å². The smallest absolute Gasteiger partial charge is 0.226 e. The number of halogens is 1. The van der Waals surface area contributed by atoms with Crippen molar-refractivity contribution in [1.29, 1.82) is 0 Å².